The zero-order valence-electron chi connectivity index (χ0n) is 11.8. The van der Waals surface area contributed by atoms with E-state index in [-0.39, 0.29) is 0 Å². The van der Waals surface area contributed by atoms with Crippen molar-refractivity contribution in [3.63, 3.8) is 0 Å². The molecule has 0 radical (unpaired) electrons. The average Bonchev–Trinajstić information content (AvgIpc) is 3.39. The fraction of sp³-hybridized carbons (Fsp3) is 0.300. The van der Waals surface area contributed by atoms with Crippen LogP contribution in [-0.2, 0) is 0 Å². The van der Waals surface area contributed by atoms with Gasteiger partial charge in [0.05, 0.1) is 0 Å². The van der Waals surface area contributed by atoms with Crippen LogP contribution in [0.5, 0.6) is 0 Å². The molecule has 0 unspecified atom stereocenters. The number of hydrogen-bond donors (Lipinski definition) is 0. The Bertz CT molecular complexity index is 556. The molecule has 20 heavy (non-hydrogen) atoms. The Morgan fingerprint density at radius 3 is 1.20 bits per heavy atom. The van der Waals surface area contributed by atoms with E-state index in [0.29, 0.717) is 0 Å². The lowest BCUT2D eigenvalue weighted by Crippen LogP contribution is -1.96. The van der Waals surface area contributed by atoms with Gasteiger partial charge >= 0.3 is 0 Å². The van der Waals surface area contributed by atoms with Crippen molar-refractivity contribution in [2.24, 2.45) is 11.8 Å². The smallest absolute Gasteiger partial charge is 0.0153 e. The fourth-order valence-corrected chi connectivity index (χ4v) is 3.20. The van der Waals surface area contributed by atoms with E-state index in [1.807, 2.05) is 0 Å². The molecule has 0 bridgehead atoms. The van der Waals surface area contributed by atoms with Gasteiger partial charge in [-0.3, -0.25) is 0 Å². The largest absolute Gasteiger partial charge is 0.0622 e. The first-order chi connectivity index (χ1) is 9.93. The third kappa shape index (κ3) is 2.31. The average molecular weight is 260 g/mol. The highest BCUT2D eigenvalue weighted by Gasteiger charge is 2.35. The minimum Gasteiger partial charge on any atom is -0.0622 e. The van der Waals surface area contributed by atoms with Crippen LogP contribution in [0.3, 0.4) is 0 Å². The number of hydrogen-bond acceptors (Lipinski definition) is 0. The SMILES string of the molecule is c1ccc(/C(=C(/c2ccccc2)C2CC2)C2CC2)cc1. The summed E-state index contributed by atoms with van der Waals surface area (Å²) < 4.78 is 0. The van der Waals surface area contributed by atoms with Gasteiger partial charge in [-0.15, -0.1) is 0 Å². The van der Waals surface area contributed by atoms with E-state index in [4.69, 9.17) is 0 Å². The summed E-state index contributed by atoms with van der Waals surface area (Å²) in [7, 11) is 0. The molecule has 0 amide bonds. The summed E-state index contributed by atoms with van der Waals surface area (Å²) in [5, 5.41) is 0. The predicted molar refractivity (Wildman–Crippen MR) is 85.1 cm³/mol. The van der Waals surface area contributed by atoms with Crippen LogP contribution in [0.25, 0.3) is 11.1 Å². The van der Waals surface area contributed by atoms with Gasteiger partial charge < -0.3 is 0 Å². The third-order valence-corrected chi connectivity index (χ3v) is 4.43. The van der Waals surface area contributed by atoms with Gasteiger partial charge in [-0.1, -0.05) is 60.7 Å². The van der Waals surface area contributed by atoms with Crippen molar-refractivity contribution in [3.8, 4) is 0 Å². The molecule has 0 heterocycles. The van der Waals surface area contributed by atoms with Gasteiger partial charge in [0, 0.05) is 0 Å². The number of benzene rings is 2. The van der Waals surface area contributed by atoms with Crippen molar-refractivity contribution in [2.75, 3.05) is 0 Å². The van der Waals surface area contributed by atoms with Gasteiger partial charge in [-0.2, -0.15) is 0 Å². The van der Waals surface area contributed by atoms with Crippen molar-refractivity contribution in [1.82, 2.24) is 0 Å². The number of rotatable bonds is 4. The summed E-state index contributed by atoms with van der Waals surface area (Å²) in [6.45, 7) is 0. The molecule has 4 rings (SSSR count). The molecule has 2 aliphatic carbocycles. The quantitative estimate of drug-likeness (QED) is 0.644. The second-order valence-electron chi connectivity index (χ2n) is 6.11. The molecular weight excluding hydrogens is 240 g/mol. The summed E-state index contributed by atoms with van der Waals surface area (Å²) in [5.74, 6) is 1.60. The Balaban J connectivity index is 1.89. The molecule has 2 fully saturated rings. The molecule has 0 aliphatic heterocycles. The summed E-state index contributed by atoms with van der Waals surface area (Å²) in [5.41, 5.74) is 6.17. The second-order valence-corrected chi connectivity index (χ2v) is 6.11. The molecule has 0 atom stereocenters. The van der Waals surface area contributed by atoms with Gasteiger partial charge in [-0.25, -0.2) is 0 Å². The third-order valence-electron chi connectivity index (χ3n) is 4.43. The highest BCUT2D eigenvalue weighted by Crippen LogP contribution is 2.52. The van der Waals surface area contributed by atoms with Crippen LogP contribution in [0.1, 0.15) is 36.8 Å². The Morgan fingerprint density at radius 2 is 0.900 bits per heavy atom. The van der Waals surface area contributed by atoms with E-state index in [9.17, 15) is 0 Å². The van der Waals surface area contributed by atoms with Crippen LogP contribution in [0, 0.1) is 11.8 Å². The lowest BCUT2D eigenvalue weighted by atomic mass is 9.88. The van der Waals surface area contributed by atoms with Crippen LogP contribution in [-0.4, -0.2) is 0 Å². The lowest BCUT2D eigenvalue weighted by molar-refractivity contribution is 1.09. The topological polar surface area (TPSA) is 0 Å². The Hall–Kier alpha value is -1.82. The van der Waals surface area contributed by atoms with Crippen LogP contribution >= 0.6 is 0 Å². The lowest BCUT2D eigenvalue weighted by Gasteiger charge is -2.16. The van der Waals surface area contributed by atoms with Crippen molar-refractivity contribution >= 4 is 11.1 Å². The van der Waals surface area contributed by atoms with Gasteiger partial charge in [0.25, 0.3) is 0 Å². The molecule has 0 heteroatoms. The van der Waals surface area contributed by atoms with Crippen LogP contribution < -0.4 is 0 Å². The molecule has 0 nitrogen and oxygen atoms in total. The normalized spacial score (nSPS) is 19.6. The van der Waals surface area contributed by atoms with Crippen molar-refractivity contribution in [2.45, 2.75) is 25.7 Å². The Labute approximate surface area is 121 Å². The summed E-state index contributed by atoms with van der Waals surface area (Å²) >= 11 is 0. The van der Waals surface area contributed by atoms with E-state index in [0.717, 1.165) is 11.8 Å². The van der Waals surface area contributed by atoms with E-state index in [2.05, 4.69) is 60.7 Å². The van der Waals surface area contributed by atoms with Crippen LogP contribution in [0.4, 0.5) is 0 Å². The van der Waals surface area contributed by atoms with Crippen LogP contribution in [0.2, 0.25) is 0 Å². The molecule has 0 aromatic heterocycles. The second kappa shape index (κ2) is 4.94. The zero-order chi connectivity index (χ0) is 13.4. The van der Waals surface area contributed by atoms with E-state index >= 15 is 0 Å². The molecule has 0 N–H and O–H groups in total. The molecule has 2 saturated carbocycles. The molecule has 2 aromatic rings. The van der Waals surface area contributed by atoms with Gasteiger partial charge in [0.15, 0.2) is 0 Å². The van der Waals surface area contributed by atoms with Crippen LogP contribution in [0.15, 0.2) is 60.7 Å². The zero-order valence-corrected chi connectivity index (χ0v) is 11.8. The van der Waals surface area contributed by atoms with Crippen molar-refractivity contribution in [1.29, 1.82) is 0 Å². The summed E-state index contributed by atoms with van der Waals surface area (Å²) in [4.78, 5) is 0. The van der Waals surface area contributed by atoms with Crippen molar-refractivity contribution in [3.05, 3.63) is 71.8 Å². The maximum absolute atomic E-state index is 2.29. The molecule has 0 saturated heterocycles. The maximum atomic E-state index is 2.29. The Morgan fingerprint density at radius 1 is 0.550 bits per heavy atom. The Kier molecular flexibility index (Phi) is 2.95. The minimum absolute atomic E-state index is 0.799. The fourth-order valence-electron chi connectivity index (χ4n) is 3.20. The maximum Gasteiger partial charge on any atom is -0.0153 e. The first-order valence-corrected chi connectivity index (χ1v) is 7.78. The van der Waals surface area contributed by atoms with E-state index in [1.165, 1.54) is 36.8 Å². The number of allylic oxidation sites excluding steroid dienone is 2. The first kappa shape index (κ1) is 12.0. The minimum atomic E-state index is 0.799. The summed E-state index contributed by atoms with van der Waals surface area (Å²) in [6, 6.07) is 22.1. The molecule has 0 spiro atoms. The molecule has 2 aliphatic rings. The van der Waals surface area contributed by atoms with Gasteiger partial charge in [0.2, 0.25) is 0 Å². The molecular formula is C20H20. The monoisotopic (exact) mass is 260 g/mol. The van der Waals surface area contributed by atoms with Gasteiger partial charge in [0.1, 0.15) is 0 Å². The molecule has 100 valence electrons. The standard InChI is InChI=1S/C20H20/c1-3-7-15(8-4-1)19(17-11-12-17)20(18-13-14-18)16-9-5-2-6-10-16/h1-10,17-18H,11-14H2/b20-19+. The summed E-state index contributed by atoms with van der Waals surface area (Å²) in [6.07, 6.45) is 5.47. The van der Waals surface area contributed by atoms with Crippen molar-refractivity contribution < 1.29 is 0 Å². The predicted octanol–water partition coefficient (Wildman–Crippen LogP) is 5.42. The van der Waals surface area contributed by atoms with E-state index in [1.54, 1.807) is 11.1 Å². The highest BCUT2D eigenvalue weighted by molar-refractivity contribution is 5.94. The molecule has 2 aromatic carbocycles. The first-order valence-electron chi connectivity index (χ1n) is 7.78. The van der Waals surface area contributed by atoms with Gasteiger partial charge in [-0.05, 0) is 59.8 Å². The highest BCUT2D eigenvalue weighted by atomic mass is 14.4. The van der Waals surface area contributed by atoms with E-state index < -0.39 is 0 Å².